The highest BCUT2D eigenvalue weighted by Gasteiger charge is 2.52. The Morgan fingerprint density at radius 3 is 1.58 bits per heavy atom. The second-order valence-electron chi connectivity index (χ2n) is 12.6. The van der Waals surface area contributed by atoms with Crippen LogP contribution in [-0.4, -0.2) is 47.8 Å². The zero-order valence-corrected chi connectivity index (χ0v) is 27.8. The Kier molecular flexibility index (Phi) is 11.2. The minimum absolute atomic E-state index is 0. The van der Waals surface area contributed by atoms with Crippen LogP contribution in [0.5, 0.6) is 0 Å². The van der Waals surface area contributed by atoms with Crippen LogP contribution in [0.15, 0.2) is 73.3 Å². The summed E-state index contributed by atoms with van der Waals surface area (Å²) in [5.74, 6) is 0. The van der Waals surface area contributed by atoms with E-state index in [0.717, 1.165) is 0 Å². The van der Waals surface area contributed by atoms with E-state index < -0.39 is 31.2 Å². The van der Waals surface area contributed by atoms with Gasteiger partial charge >= 0.3 is 7.12 Å². The maximum absolute atomic E-state index is 13.9. The van der Waals surface area contributed by atoms with Crippen molar-refractivity contribution in [3.63, 3.8) is 0 Å². The first-order chi connectivity index (χ1) is 22.6. The van der Waals surface area contributed by atoms with E-state index >= 15 is 0 Å². The number of hydrogen-bond donors (Lipinski definition) is 0. The van der Waals surface area contributed by atoms with Gasteiger partial charge in [-0.25, -0.2) is 27.5 Å². The number of alkyl halides is 4. The zero-order valence-electron chi connectivity index (χ0n) is 27.0. The lowest BCUT2D eigenvalue weighted by atomic mass is 9.76. The van der Waals surface area contributed by atoms with Crippen molar-refractivity contribution in [2.75, 3.05) is 0 Å². The summed E-state index contributed by atoms with van der Waals surface area (Å²) in [7, 11) is 2.82. The molecule has 2 aromatic carbocycles. The molecule has 0 bridgehead atoms. The van der Waals surface area contributed by atoms with Gasteiger partial charge in [0, 0.05) is 64.5 Å². The Morgan fingerprint density at radius 1 is 0.700 bits per heavy atom. The molecule has 4 aromatic heterocycles. The molecule has 0 aliphatic carbocycles. The fraction of sp³-hybridized carbons (Fsp3) is 0.333. The van der Waals surface area contributed by atoms with Gasteiger partial charge in [0.1, 0.15) is 0 Å². The normalized spacial score (nSPS) is 14.9. The standard InChI is InChI=1S/C20H22BF2N3O2.C14H10ClF2N3.2CH4/c1-19(2)20(3,4)28-21(27-19)15-7-6-8-16-13(15)9-14(18(22)23)17(25-16)12-10-24-26(5)11-12;1-20-7-8(6-18-20)13-10(14(16)17)5-9-11(15)3-2-4-12(9)19-13;;/h6-11,18H,1-5H3;2-7,14H,1H3;2*1H4. The number of aryl methyl sites for hydroxylation is 2. The first-order valence-electron chi connectivity index (χ1n) is 15.1. The van der Waals surface area contributed by atoms with Crippen molar-refractivity contribution in [1.82, 2.24) is 29.5 Å². The Labute approximate surface area is 294 Å². The van der Waals surface area contributed by atoms with Crippen LogP contribution in [0.25, 0.3) is 44.3 Å². The van der Waals surface area contributed by atoms with Crippen molar-refractivity contribution >= 4 is 46.0 Å². The molecule has 1 fully saturated rings. The summed E-state index contributed by atoms with van der Waals surface area (Å²) in [6.07, 6.45) is 1.10. The molecule has 0 spiro atoms. The molecule has 0 amide bonds. The predicted octanol–water partition coefficient (Wildman–Crippen LogP) is 9.37. The molecular weight excluding hydrogens is 671 g/mol. The molecule has 6 aromatic rings. The molecule has 0 atom stereocenters. The number of aromatic nitrogens is 6. The number of halogens is 5. The average molecular weight is 711 g/mol. The molecule has 50 heavy (non-hydrogen) atoms. The van der Waals surface area contributed by atoms with Gasteiger partial charge in [-0.3, -0.25) is 9.36 Å². The molecule has 7 rings (SSSR count). The lowest BCUT2D eigenvalue weighted by Gasteiger charge is -2.32. The Hall–Kier alpha value is -4.33. The topological polar surface area (TPSA) is 79.9 Å². The maximum atomic E-state index is 13.9. The summed E-state index contributed by atoms with van der Waals surface area (Å²) < 4.78 is 69.7. The molecule has 0 unspecified atom stereocenters. The van der Waals surface area contributed by atoms with Crippen LogP contribution in [0.3, 0.4) is 0 Å². The van der Waals surface area contributed by atoms with Gasteiger partial charge in [0.05, 0.1) is 46.0 Å². The third-order valence-corrected chi connectivity index (χ3v) is 9.02. The van der Waals surface area contributed by atoms with Crippen LogP contribution in [0, 0.1) is 0 Å². The van der Waals surface area contributed by atoms with Crippen molar-refractivity contribution in [3.8, 4) is 22.5 Å². The van der Waals surface area contributed by atoms with Crippen LogP contribution in [0.1, 0.15) is 66.5 Å². The minimum atomic E-state index is -2.67. The van der Waals surface area contributed by atoms with Gasteiger partial charge in [0.2, 0.25) is 0 Å². The fourth-order valence-corrected chi connectivity index (χ4v) is 5.69. The van der Waals surface area contributed by atoms with Crippen LogP contribution in [0.2, 0.25) is 5.02 Å². The molecular formula is C36H40BClF4N6O2. The second kappa shape index (κ2) is 14.5. The number of pyridine rings is 2. The monoisotopic (exact) mass is 710 g/mol. The largest absolute Gasteiger partial charge is 0.495 e. The van der Waals surface area contributed by atoms with Crippen LogP contribution in [-0.2, 0) is 23.4 Å². The van der Waals surface area contributed by atoms with Gasteiger partial charge in [-0.05, 0) is 63.5 Å². The predicted molar refractivity (Wildman–Crippen MR) is 192 cm³/mol. The van der Waals surface area contributed by atoms with Gasteiger partial charge in [-0.2, -0.15) is 10.2 Å². The minimum Gasteiger partial charge on any atom is -0.399 e. The summed E-state index contributed by atoms with van der Waals surface area (Å²) in [6.45, 7) is 7.84. The summed E-state index contributed by atoms with van der Waals surface area (Å²) in [4.78, 5) is 8.86. The summed E-state index contributed by atoms with van der Waals surface area (Å²) in [5.41, 5.74) is 2.17. The first kappa shape index (κ1) is 38.5. The molecule has 264 valence electrons. The van der Waals surface area contributed by atoms with E-state index in [4.69, 9.17) is 20.9 Å². The Morgan fingerprint density at radius 2 is 1.14 bits per heavy atom. The molecule has 1 aliphatic rings. The van der Waals surface area contributed by atoms with Gasteiger partial charge in [-0.15, -0.1) is 0 Å². The van der Waals surface area contributed by atoms with E-state index in [1.165, 1.54) is 24.5 Å². The van der Waals surface area contributed by atoms with E-state index in [2.05, 4.69) is 20.2 Å². The molecule has 8 nitrogen and oxygen atoms in total. The van der Waals surface area contributed by atoms with E-state index in [0.29, 0.717) is 43.4 Å². The Balaban J connectivity index is 0.000000227. The third kappa shape index (κ3) is 7.26. The molecule has 0 N–H and O–H groups in total. The second-order valence-corrected chi connectivity index (χ2v) is 13.0. The SMILES string of the molecule is C.C.Cn1cc(-c2nc3cccc(B4OC(C)(C)C(C)(C)O4)c3cc2C(F)F)cn1.Cn1cc(-c2nc3cccc(Cl)c3cc2C(F)F)cn1. The quantitative estimate of drug-likeness (QED) is 0.131. The van der Waals surface area contributed by atoms with Crippen molar-refractivity contribution in [1.29, 1.82) is 0 Å². The van der Waals surface area contributed by atoms with Crippen LogP contribution < -0.4 is 5.46 Å². The molecule has 1 aliphatic heterocycles. The van der Waals surface area contributed by atoms with Crippen LogP contribution >= 0.6 is 11.6 Å². The lowest BCUT2D eigenvalue weighted by molar-refractivity contribution is 0.00578. The van der Waals surface area contributed by atoms with Crippen molar-refractivity contribution in [3.05, 3.63) is 89.5 Å². The molecule has 14 heteroatoms. The summed E-state index contributed by atoms with van der Waals surface area (Å²) in [5, 5.41) is 9.61. The number of nitrogens with zero attached hydrogens (tertiary/aromatic N) is 6. The van der Waals surface area contributed by atoms with Crippen molar-refractivity contribution in [2.24, 2.45) is 14.1 Å². The molecule has 0 radical (unpaired) electrons. The average Bonchev–Trinajstić information content (AvgIpc) is 3.72. The van der Waals surface area contributed by atoms with Gasteiger partial charge < -0.3 is 9.31 Å². The zero-order chi connectivity index (χ0) is 34.5. The molecule has 5 heterocycles. The van der Waals surface area contributed by atoms with E-state index in [-0.39, 0.29) is 37.4 Å². The third-order valence-electron chi connectivity index (χ3n) is 8.69. The molecule has 0 saturated carbocycles. The lowest BCUT2D eigenvalue weighted by Crippen LogP contribution is -2.41. The fourth-order valence-electron chi connectivity index (χ4n) is 5.47. The van der Waals surface area contributed by atoms with Gasteiger partial charge in [0.15, 0.2) is 0 Å². The first-order valence-corrected chi connectivity index (χ1v) is 15.5. The number of hydrogen-bond acceptors (Lipinski definition) is 6. The van der Waals surface area contributed by atoms with Gasteiger partial charge in [-0.1, -0.05) is 44.7 Å². The van der Waals surface area contributed by atoms with Crippen LogP contribution in [0.4, 0.5) is 17.6 Å². The highest BCUT2D eigenvalue weighted by atomic mass is 35.5. The van der Waals surface area contributed by atoms with E-state index in [1.54, 1.807) is 60.1 Å². The summed E-state index contributed by atoms with van der Waals surface area (Å²) in [6, 6.07) is 13.5. The van der Waals surface area contributed by atoms with E-state index in [9.17, 15) is 17.6 Å². The van der Waals surface area contributed by atoms with Crippen molar-refractivity contribution < 1.29 is 26.9 Å². The summed E-state index contributed by atoms with van der Waals surface area (Å²) >= 11 is 6.03. The van der Waals surface area contributed by atoms with E-state index in [1.807, 2.05) is 39.8 Å². The Bertz CT molecular complexity index is 2120. The highest BCUT2D eigenvalue weighted by molar-refractivity contribution is 6.65. The maximum Gasteiger partial charge on any atom is 0.495 e. The molecule has 1 saturated heterocycles. The number of fused-ring (bicyclic) bond motifs is 2. The number of benzene rings is 2. The number of rotatable bonds is 5. The smallest absolute Gasteiger partial charge is 0.399 e. The highest BCUT2D eigenvalue weighted by Crippen LogP contribution is 2.38. The van der Waals surface area contributed by atoms with Gasteiger partial charge in [0.25, 0.3) is 12.9 Å². The van der Waals surface area contributed by atoms with Crippen molar-refractivity contribution in [2.45, 2.75) is 66.6 Å².